The van der Waals surface area contributed by atoms with Gasteiger partial charge in [-0.25, -0.2) is 4.79 Å². The van der Waals surface area contributed by atoms with Crippen molar-refractivity contribution >= 4 is 29.1 Å². The molecule has 1 saturated heterocycles. The van der Waals surface area contributed by atoms with Crippen molar-refractivity contribution in [3.8, 4) is 0 Å². The van der Waals surface area contributed by atoms with Gasteiger partial charge >= 0.3 is 5.97 Å². The molecule has 1 atom stereocenters. The fourth-order valence-corrected chi connectivity index (χ4v) is 3.57. The summed E-state index contributed by atoms with van der Waals surface area (Å²) in [4.78, 5) is 38.4. The number of nitrogens with zero attached hydrogens (tertiary/aromatic N) is 1. The zero-order valence-corrected chi connectivity index (χ0v) is 15.7. The Labute approximate surface area is 172 Å². The van der Waals surface area contributed by atoms with Crippen LogP contribution in [0.5, 0.6) is 0 Å². The summed E-state index contributed by atoms with van der Waals surface area (Å²) in [5.41, 5.74) is 1.49. The van der Waals surface area contributed by atoms with E-state index in [-0.39, 0.29) is 16.9 Å². The predicted octanol–water partition coefficient (Wildman–Crippen LogP) is 4.01. The molecule has 0 aromatic heterocycles. The number of benzene rings is 3. The number of hydrogen-bond acceptors (Lipinski definition) is 4. The van der Waals surface area contributed by atoms with Gasteiger partial charge in [0.25, 0.3) is 11.7 Å². The second-order valence-corrected chi connectivity index (χ2v) is 6.80. The number of ketones is 1. The molecule has 2 N–H and O–H groups in total. The Kier molecular flexibility index (Phi) is 4.90. The summed E-state index contributed by atoms with van der Waals surface area (Å²) in [5.74, 6) is -2.93. The van der Waals surface area contributed by atoms with Crippen LogP contribution in [0.3, 0.4) is 0 Å². The van der Waals surface area contributed by atoms with Gasteiger partial charge in [0.2, 0.25) is 0 Å². The van der Waals surface area contributed by atoms with Crippen molar-refractivity contribution in [2.45, 2.75) is 6.04 Å². The fourth-order valence-electron chi connectivity index (χ4n) is 3.57. The number of aromatic carboxylic acids is 1. The molecule has 0 radical (unpaired) electrons. The first-order valence-electron chi connectivity index (χ1n) is 9.24. The summed E-state index contributed by atoms with van der Waals surface area (Å²) >= 11 is 0. The molecule has 1 aliphatic heterocycles. The highest BCUT2D eigenvalue weighted by molar-refractivity contribution is 6.51. The molecule has 3 aromatic carbocycles. The number of carboxylic acid groups (broad SMARTS) is 1. The minimum absolute atomic E-state index is 0.0142. The fraction of sp³-hybridized carbons (Fsp3) is 0.0417. The van der Waals surface area contributed by atoms with Crippen LogP contribution >= 0.6 is 0 Å². The van der Waals surface area contributed by atoms with E-state index in [0.717, 1.165) is 0 Å². The Bertz CT molecular complexity index is 1150. The molecule has 1 aliphatic rings. The van der Waals surface area contributed by atoms with E-state index in [4.69, 9.17) is 5.11 Å². The molecule has 148 valence electrons. The highest BCUT2D eigenvalue weighted by Gasteiger charge is 2.46. The molecular formula is C24H17NO5. The third-order valence-corrected chi connectivity index (χ3v) is 5.00. The average Bonchev–Trinajstić information content (AvgIpc) is 3.05. The Morgan fingerprint density at radius 3 is 1.87 bits per heavy atom. The number of carbonyl (C=O) groups is 3. The lowest BCUT2D eigenvalue weighted by Crippen LogP contribution is -2.29. The minimum Gasteiger partial charge on any atom is -0.507 e. The second-order valence-electron chi connectivity index (χ2n) is 6.80. The summed E-state index contributed by atoms with van der Waals surface area (Å²) < 4.78 is 0. The largest absolute Gasteiger partial charge is 0.507 e. The van der Waals surface area contributed by atoms with E-state index in [1.807, 2.05) is 6.07 Å². The number of aliphatic hydroxyl groups is 1. The summed E-state index contributed by atoms with van der Waals surface area (Å²) in [6.45, 7) is 0. The maximum Gasteiger partial charge on any atom is 0.335 e. The number of anilines is 1. The molecule has 6 heteroatoms. The molecule has 1 amide bonds. The van der Waals surface area contributed by atoms with Crippen LogP contribution in [0.1, 0.15) is 27.5 Å². The quantitative estimate of drug-likeness (QED) is 0.393. The molecule has 3 aromatic rings. The van der Waals surface area contributed by atoms with Gasteiger partial charge in [0, 0.05) is 11.3 Å². The number of aliphatic hydroxyl groups excluding tert-OH is 1. The van der Waals surface area contributed by atoms with Crippen LogP contribution in [0.4, 0.5) is 5.69 Å². The van der Waals surface area contributed by atoms with Gasteiger partial charge in [-0.05, 0) is 29.8 Å². The van der Waals surface area contributed by atoms with Crippen molar-refractivity contribution in [3.05, 3.63) is 107 Å². The SMILES string of the molecule is O=C1C(=O)N(c2ccc(C(=O)O)cc2)[C@H](c2ccccc2)/C1=C(\O)c1ccccc1. The molecule has 30 heavy (non-hydrogen) atoms. The predicted molar refractivity (Wildman–Crippen MR) is 111 cm³/mol. The highest BCUT2D eigenvalue weighted by atomic mass is 16.4. The number of rotatable bonds is 4. The number of carboxylic acids is 1. The van der Waals surface area contributed by atoms with Gasteiger partial charge in [-0.3, -0.25) is 14.5 Å². The van der Waals surface area contributed by atoms with Gasteiger partial charge < -0.3 is 10.2 Å². The van der Waals surface area contributed by atoms with Crippen LogP contribution in [0.15, 0.2) is 90.5 Å². The zero-order chi connectivity index (χ0) is 21.3. The van der Waals surface area contributed by atoms with E-state index < -0.39 is 23.7 Å². The summed E-state index contributed by atoms with van der Waals surface area (Å²) in [7, 11) is 0. The molecule has 1 heterocycles. The lowest BCUT2D eigenvalue weighted by atomic mass is 9.95. The molecule has 0 saturated carbocycles. The van der Waals surface area contributed by atoms with Crippen LogP contribution in [0, 0.1) is 0 Å². The molecule has 0 bridgehead atoms. The molecule has 0 aliphatic carbocycles. The van der Waals surface area contributed by atoms with E-state index in [1.165, 1.54) is 29.2 Å². The van der Waals surface area contributed by atoms with Crippen LogP contribution in [-0.2, 0) is 9.59 Å². The van der Waals surface area contributed by atoms with E-state index >= 15 is 0 Å². The van der Waals surface area contributed by atoms with Crippen LogP contribution in [0.25, 0.3) is 5.76 Å². The molecular weight excluding hydrogens is 382 g/mol. The third-order valence-electron chi connectivity index (χ3n) is 5.00. The molecule has 6 nitrogen and oxygen atoms in total. The second kappa shape index (κ2) is 7.67. The number of Topliss-reactive ketones (excluding diaryl/α,β-unsaturated/α-hetero) is 1. The van der Waals surface area contributed by atoms with E-state index in [9.17, 15) is 19.5 Å². The van der Waals surface area contributed by atoms with Gasteiger partial charge in [-0.1, -0.05) is 60.7 Å². The lowest BCUT2D eigenvalue weighted by molar-refractivity contribution is -0.132. The Morgan fingerprint density at radius 2 is 1.30 bits per heavy atom. The van der Waals surface area contributed by atoms with Gasteiger partial charge in [-0.15, -0.1) is 0 Å². The third kappa shape index (κ3) is 3.24. The van der Waals surface area contributed by atoms with Crippen molar-refractivity contribution in [2.75, 3.05) is 4.90 Å². The van der Waals surface area contributed by atoms with Gasteiger partial charge in [-0.2, -0.15) is 0 Å². The van der Waals surface area contributed by atoms with Crippen LogP contribution < -0.4 is 4.90 Å². The first kappa shape index (κ1) is 19.1. The zero-order valence-electron chi connectivity index (χ0n) is 15.7. The summed E-state index contributed by atoms with van der Waals surface area (Å²) in [5, 5.41) is 20.1. The van der Waals surface area contributed by atoms with Gasteiger partial charge in [0.1, 0.15) is 5.76 Å². The van der Waals surface area contributed by atoms with Crippen molar-refractivity contribution in [1.29, 1.82) is 0 Å². The monoisotopic (exact) mass is 399 g/mol. The van der Waals surface area contributed by atoms with Crippen molar-refractivity contribution in [3.63, 3.8) is 0 Å². The number of amides is 1. The lowest BCUT2D eigenvalue weighted by Gasteiger charge is -2.25. The maximum absolute atomic E-state index is 13.0. The maximum atomic E-state index is 13.0. The Morgan fingerprint density at radius 1 is 0.733 bits per heavy atom. The first-order chi connectivity index (χ1) is 14.5. The minimum atomic E-state index is -1.09. The summed E-state index contributed by atoms with van der Waals surface area (Å²) in [6.07, 6.45) is 0. The Hall–Kier alpha value is -4.19. The molecule has 4 rings (SSSR count). The van der Waals surface area contributed by atoms with Gasteiger partial charge in [0.05, 0.1) is 17.2 Å². The topological polar surface area (TPSA) is 94.9 Å². The van der Waals surface area contributed by atoms with Crippen molar-refractivity contribution in [2.24, 2.45) is 0 Å². The highest BCUT2D eigenvalue weighted by Crippen LogP contribution is 2.42. The Balaban J connectivity index is 1.91. The molecule has 1 fully saturated rings. The smallest absolute Gasteiger partial charge is 0.335 e. The summed E-state index contributed by atoms with van der Waals surface area (Å²) in [6, 6.07) is 22.3. The van der Waals surface area contributed by atoms with Crippen LogP contribution in [0.2, 0.25) is 0 Å². The average molecular weight is 399 g/mol. The molecule has 0 spiro atoms. The van der Waals surface area contributed by atoms with E-state index in [1.54, 1.807) is 54.6 Å². The van der Waals surface area contributed by atoms with Crippen LogP contribution in [-0.4, -0.2) is 27.9 Å². The van der Waals surface area contributed by atoms with Crippen molar-refractivity contribution < 1.29 is 24.6 Å². The van der Waals surface area contributed by atoms with E-state index in [2.05, 4.69) is 0 Å². The van der Waals surface area contributed by atoms with Crippen molar-refractivity contribution in [1.82, 2.24) is 0 Å². The first-order valence-corrected chi connectivity index (χ1v) is 9.24. The van der Waals surface area contributed by atoms with E-state index in [0.29, 0.717) is 16.8 Å². The standard InChI is InChI=1S/C24H17NO5/c26-21(16-9-5-2-6-10-16)19-20(15-7-3-1-4-8-15)25(23(28)22(19)27)18-13-11-17(12-14-18)24(29)30/h1-14,20,26H,(H,29,30)/b21-19+/t20-/m1/s1. The van der Waals surface area contributed by atoms with Gasteiger partial charge in [0.15, 0.2) is 0 Å². The number of hydrogen-bond donors (Lipinski definition) is 2. The number of carbonyl (C=O) groups excluding carboxylic acids is 2. The molecule has 0 unspecified atom stereocenters. The normalized spacial score (nSPS) is 17.9.